The summed E-state index contributed by atoms with van der Waals surface area (Å²) in [7, 11) is 1.52. The van der Waals surface area contributed by atoms with E-state index in [1.54, 1.807) is 18.7 Å². The first-order chi connectivity index (χ1) is 11.1. The number of carbonyl (C=O) groups is 1. The highest BCUT2D eigenvalue weighted by atomic mass is 16.5. The van der Waals surface area contributed by atoms with Crippen molar-refractivity contribution in [3.63, 3.8) is 0 Å². The number of amides is 1. The number of aryl methyl sites for hydroxylation is 2. The van der Waals surface area contributed by atoms with Crippen molar-refractivity contribution < 1.29 is 18.8 Å². The molecule has 0 N–H and O–H groups in total. The van der Waals surface area contributed by atoms with Crippen LogP contribution in [0.5, 0.6) is 11.8 Å². The molecule has 0 radical (unpaired) electrons. The molecule has 2 aromatic heterocycles. The van der Waals surface area contributed by atoms with Gasteiger partial charge >= 0.3 is 0 Å². The zero-order valence-corrected chi connectivity index (χ0v) is 13.3. The summed E-state index contributed by atoms with van der Waals surface area (Å²) < 4.78 is 15.9. The van der Waals surface area contributed by atoms with E-state index in [1.165, 1.54) is 19.5 Å². The monoisotopic (exact) mass is 318 g/mol. The Hall–Kier alpha value is -2.64. The van der Waals surface area contributed by atoms with Crippen LogP contribution in [0.3, 0.4) is 0 Å². The molecule has 1 atom stereocenters. The highest BCUT2D eigenvalue weighted by molar-refractivity contribution is 5.96. The number of rotatable bonds is 4. The van der Waals surface area contributed by atoms with E-state index < -0.39 is 0 Å². The van der Waals surface area contributed by atoms with Crippen LogP contribution in [0.1, 0.15) is 28.2 Å². The Balaban J connectivity index is 1.65. The molecule has 0 aliphatic carbocycles. The lowest BCUT2D eigenvalue weighted by atomic mass is 10.2. The summed E-state index contributed by atoms with van der Waals surface area (Å²) in [5, 5.41) is 3.83. The van der Waals surface area contributed by atoms with Gasteiger partial charge in [0.2, 0.25) is 11.8 Å². The van der Waals surface area contributed by atoms with Crippen molar-refractivity contribution in [2.24, 2.45) is 0 Å². The van der Waals surface area contributed by atoms with E-state index in [2.05, 4.69) is 15.1 Å². The third kappa shape index (κ3) is 3.10. The molecule has 1 aliphatic rings. The van der Waals surface area contributed by atoms with E-state index in [1.807, 2.05) is 0 Å². The third-order valence-corrected chi connectivity index (χ3v) is 3.77. The van der Waals surface area contributed by atoms with Gasteiger partial charge in [0.1, 0.15) is 17.4 Å². The van der Waals surface area contributed by atoms with E-state index in [9.17, 15) is 4.79 Å². The predicted molar refractivity (Wildman–Crippen MR) is 79.5 cm³/mol. The fourth-order valence-corrected chi connectivity index (χ4v) is 2.61. The molecular weight excluding hydrogens is 300 g/mol. The van der Waals surface area contributed by atoms with Gasteiger partial charge in [-0.1, -0.05) is 5.16 Å². The maximum Gasteiger partial charge on any atom is 0.259 e. The van der Waals surface area contributed by atoms with E-state index in [-0.39, 0.29) is 12.0 Å². The Kier molecular flexibility index (Phi) is 4.14. The zero-order chi connectivity index (χ0) is 16.4. The minimum Gasteiger partial charge on any atom is -0.480 e. The molecule has 1 fully saturated rings. The zero-order valence-electron chi connectivity index (χ0n) is 13.3. The lowest BCUT2D eigenvalue weighted by Crippen LogP contribution is -2.31. The van der Waals surface area contributed by atoms with Crippen LogP contribution in [0.25, 0.3) is 0 Å². The molecule has 23 heavy (non-hydrogen) atoms. The number of aromatic nitrogens is 3. The molecular formula is C15H18N4O4. The van der Waals surface area contributed by atoms with Crippen LogP contribution in [-0.2, 0) is 0 Å². The molecule has 2 aromatic rings. The van der Waals surface area contributed by atoms with Crippen molar-refractivity contribution in [3.8, 4) is 11.8 Å². The normalized spacial score (nSPS) is 17.3. The van der Waals surface area contributed by atoms with Gasteiger partial charge in [-0.2, -0.15) is 4.98 Å². The first kappa shape index (κ1) is 15.3. The number of likely N-dealkylation sites (tertiary alicyclic amines) is 1. The standard InChI is InChI=1S/C15H18N4O4/c1-9-14(10(2)23-18-9)15(20)19-5-4-11(8-19)22-13-7-16-6-12(17-13)21-3/h6-7,11H,4-5,8H2,1-3H3/t11-/m0/s1. The summed E-state index contributed by atoms with van der Waals surface area (Å²) in [6.45, 7) is 4.61. The van der Waals surface area contributed by atoms with Gasteiger partial charge in [0.05, 0.1) is 31.7 Å². The van der Waals surface area contributed by atoms with Crippen molar-refractivity contribution >= 4 is 5.91 Å². The highest BCUT2D eigenvalue weighted by Gasteiger charge is 2.31. The summed E-state index contributed by atoms with van der Waals surface area (Å²) in [5.41, 5.74) is 1.14. The van der Waals surface area contributed by atoms with E-state index in [4.69, 9.17) is 14.0 Å². The van der Waals surface area contributed by atoms with Gasteiger partial charge in [0, 0.05) is 13.0 Å². The molecule has 3 rings (SSSR count). The van der Waals surface area contributed by atoms with Crippen LogP contribution in [0.2, 0.25) is 0 Å². The molecule has 0 aromatic carbocycles. The minimum absolute atomic E-state index is 0.0796. The van der Waals surface area contributed by atoms with E-state index in [0.29, 0.717) is 41.9 Å². The molecule has 8 heteroatoms. The number of hydrogen-bond acceptors (Lipinski definition) is 7. The molecule has 0 unspecified atom stereocenters. The van der Waals surface area contributed by atoms with Crippen LogP contribution < -0.4 is 9.47 Å². The smallest absolute Gasteiger partial charge is 0.259 e. The van der Waals surface area contributed by atoms with Crippen molar-refractivity contribution in [3.05, 3.63) is 29.4 Å². The number of carbonyl (C=O) groups excluding carboxylic acids is 1. The van der Waals surface area contributed by atoms with Crippen LogP contribution in [0.4, 0.5) is 0 Å². The summed E-state index contributed by atoms with van der Waals surface area (Å²) in [6, 6.07) is 0. The fraction of sp³-hybridized carbons (Fsp3) is 0.467. The second-order valence-electron chi connectivity index (χ2n) is 5.38. The number of ether oxygens (including phenoxy) is 2. The Morgan fingerprint density at radius 2 is 2.13 bits per heavy atom. The van der Waals surface area contributed by atoms with Crippen LogP contribution >= 0.6 is 0 Å². The average Bonchev–Trinajstić information content (AvgIpc) is 3.14. The molecule has 3 heterocycles. The number of methoxy groups -OCH3 is 1. The second kappa shape index (κ2) is 6.23. The van der Waals surface area contributed by atoms with Gasteiger partial charge in [-0.15, -0.1) is 0 Å². The maximum atomic E-state index is 12.6. The maximum absolute atomic E-state index is 12.6. The number of hydrogen-bond donors (Lipinski definition) is 0. The van der Waals surface area contributed by atoms with Crippen LogP contribution in [0, 0.1) is 13.8 Å². The third-order valence-electron chi connectivity index (χ3n) is 3.77. The summed E-state index contributed by atoms with van der Waals surface area (Å²) in [4.78, 5) is 22.5. The van der Waals surface area contributed by atoms with Gasteiger partial charge in [0.25, 0.3) is 5.91 Å². The minimum atomic E-state index is -0.124. The number of nitrogens with zero attached hydrogens (tertiary/aromatic N) is 4. The summed E-state index contributed by atoms with van der Waals surface area (Å²) in [6.07, 6.45) is 3.64. The quantitative estimate of drug-likeness (QED) is 0.841. The Morgan fingerprint density at radius 3 is 2.83 bits per heavy atom. The lowest BCUT2D eigenvalue weighted by Gasteiger charge is -2.16. The first-order valence-corrected chi connectivity index (χ1v) is 7.33. The predicted octanol–water partition coefficient (Wildman–Crippen LogP) is 1.38. The van der Waals surface area contributed by atoms with Crippen molar-refractivity contribution in [2.75, 3.05) is 20.2 Å². The molecule has 0 spiro atoms. The van der Waals surface area contributed by atoms with Crippen molar-refractivity contribution in [1.82, 2.24) is 20.0 Å². The van der Waals surface area contributed by atoms with Gasteiger partial charge in [0.15, 0.2) is 0 Å². The Bertz CT molecular complexity index is 696. The van der Waals surface area contributed by atoms with Crippen molar-refractivity contribution in [1.29, 1.82) is 0 Å². The highest BCUT2D eigenvalue weighted by Crippen LogP contribution is 2.21. The SMILES string of the molecule is COc1cncc(O[C@H]2CCN(C(=O)c3c(C)noc3C)C2)n1. The molecule has 8 nitrogen and oxygen atoms in total. The average molecular weight is 318 g/mol. The molecule has 0 bridgehead atoms. The molecule has 1 saturated heterocycles. The summed E-state index contributed by atoms with van der Waals surface area (Å²) >= 11 is 0. The van der Waals surface area contributed by atoms with Crippen molar-refractivity contribution in [2.45, 2.75) is 26.4 Å². The lowest BCUT2D eigenvalue weighted by molar-refractivity contribution is 0.0768. The van der Waals surface area contributed by atoms with Crippen LogP contribution in [0.15, 0.2) is 16.9 Å². The molecule has 1 amide bonds. The Labute approximate surface area is 133 Å². The van der Waals surface area contributed by atoms with Gasteiger partial charge in [-0.25, -0.2) is 0 Å². The topological polar surface area (TPSA) is 90.6 Å². The van der Waals surface area contributed by atoms with Crippen LogP contribution in [-0.4, -0.2) is 52.2 Å². The Morgan fingerprint density at radius 1 is 1.35 bits per heavy atom. The van der Waals surface area contributed by atoms with E-state index >= 15 is 0 Å². The molecule has 122 valence electrons. The first-order valence-electron chi connectivity index (χ1n) is 7.33. The van der Waals surface area contributed by atoms with Gasteiger partial charge in [-0.3, -0.25) is 9.78 Å². The molecule has 0 saturated carbocycles. The van der Waals surface area contributed by atoms with Gasteiger partial charge < -0.3 is 18.9 Å². The fourth-order valence-electron chi connectivity index (χ4n) is 2.61. The summed E-state index contributed by atoms with van der Waals surface area (Å²) in [5.74, 6) is 1.24. The largest absolute Gasteiger partial charge is 0.480 e. The van der Waals surface area contributed by atoms with E-state index in [0.717, 1.165) is 6.42 Å². The van der Waals surface area contributed by atoms with Gasteiger partial charge in [-0.05, 0) is 13.8 Å². The molecule has 1 aliphatic heterocycles. The second-order valence-corrected chi connectivity index (χ2v) is 5.38.